The van der Waals surface area contributed by atoms with Gasteiger partial charge in [-0.05, 0) is 55.5 Å². The first-order chi connectivity index (χ1) is 15.8. The van der Waals surface area contributed by atoms with Crippen LogP contribution in [0.4, 0.5) is 20.6 Å². The molecule has 0 spiro atoms. The highest BCUT2D eigenvalue weighted by Gasteiger charge is 2.41. The van der Waals surface area contributed by atoms with Crippen LogP contribution < -0.4 is 10.6 Å². The molecule has 1 atom stereocenters. The molecule has 172 valence electrons. The van der Waals surface area contributed by atoms with Crippen LogP contribution in [-0.4, -0.2) is 52.2 Å². The minimum atomic E-state index is -0.963. The lowest BCUT2D eigenvalue weighted by atomic mass is 10.2. The number of hydrogen-bond donors (Lipinski definition) is 2. The zero-order chi connectivity index (χ0) is 24.0. The lowest BCUT2D eigenvalue weighted by Gasteiger charge is -2.14. The third kappa shape index (κ3) is 6.39. The number of anilines is 2. The Morgan fingerprint density at radius 1 is 0.970 bits per heavy atom. The number of thioether (sulfide) groups is 1. The molecule has 11 heteroatoms. The number of esters is 1. The summed E-state index contributed by atoms with van der Waals surface area (Å²) >= 11 is 0.666. The number of ether oxygens (including phenoxy) is 1. The number of amides is 4. The van der Waals surface area contributed by atoms with Crippen LogP contribution in [0.2, 0.25) is 0 Å². The maximum atomic E-state index is 13.0. The highest BCUT2D eigenvalue weighted by molar-refractivity contribution is 8.15. The normalized spacial score (nSPS) is 15.3. The second kappa shape index (κ2) is 10.7. The summed E-state index contributed by atoms with van der Waals surface area (Å²) in [5, 5.41) is 3.48. The van der Waals surface area contributed by atoms with Gasteiger partial charge in [0.25, 0.3) is 5.24 Å². The smallest absolute Gasteiger partial charge is 0.338 e. The minimum absolute atomic E-state index is 0.238. The van der Waals surface area contributed by atoms with E-state index in [4.69, 9.17) is 4.74 Å². The minimum Gasteiger partial charge on any atom is -0.462 e. The molecule has 0 aromatic heterocycles. The Morgan fingerprint density at radius 3 is 2.15 bits per heavy atom. The summed E-state index contributed by atoms with van der Waals surface area (Å²) < 4.78 is 17.8. The van der Waals surface area contributed by atoms with Crippen LogP contribution in [-0.2, 0) is 19.1 Å². The Balaban J connectivity index is 1.52. The van der Waals surface area contributed by atoms with Gasteiger partial charge in [-0.1, -0.05) is 11.8 Å². The van der Waals surface area contributed by atoms with E-state index in [1.54, 1.807) is 6.92 Å². The highest BCUT2D eigenvalue weighted by atomic mass is 32.2. The maximum absolute atomic E-state index is 13.0. The number of benzene rings is 2. The van der Waals surface area contributed by atoms with Crippen molar-refractivity contribution >= 4 is 52.1 Å². The van der Waals surface area contributed by atoms with E-state index in [9.17, 15) is 28.4 Å². The van der Waals surface area contributed by atoms with Gasteiger partial charge in [0.15, 0.2) is 0 Å². The largest absolute Gasteiger partial charge is 0.462 e. The second-order valence-corrected chi connectivity index (χ2v) is 8.06. The van der Waals surface area contributed by atoms with Gasteiger partial charge in [-0.3, -0.25) is 24.1 Å². The van der Waals surface area contributed by atoms with Gasteiger partial charge >= 0.3 is 5.97 Å². The summed E-state index contributed by atoms with van der Waals surface area (Å²) in [5.74, 6) is -2.72. The number of nitrogens with one attached hydrogen (secondary N) is 2. The molecule has 0 bridgehead atoms. The van der Waals surface area contributed by atoms with Crippen molar-refractivity contribution in [3.63, 3.8) is 0 Å². The van der Waals surface area contributed by atoms with E-state index >= 15 is 0 Å². The summed E-state index contributed by atoms with van der Waals surface area (Å²) in [6.45, 7) is 1.41. The molecule has 1 unspecified atom stereocenters. The molecule has 4 amide bonds. The zero-order valence-corrected chi connectivity index (χ0v) is 18.3. The number of hydrogen-bond acceptors (Lipinski definition) is 7. The van der Waals surface area contributed by atoms with Gasteiger partial charge in [0, 0.05) is 17.8 Å². The Hall–Kier alpha value is -3.73. The molecule has 33 heavy (non-hydrogen) atoms. The van der Waals surface area contributed by atoms with Crippen molar-refractivity contribution in [2.75, 3.05) is 23.8 Å². The van der Waals surface area contributed by atoms with Crippen molar-refractivity contribution in [3.05, 3.63) is 59.9 Å². The molecule has 0 saturated carbocycles. The van der Waals surface area contributed by atoms with Gasteiger partial charge in [-0.25, -0.2) is 9.18 Å². The molecule has 2 aromatic rings. The van der Waals surface area contributed by atoms with Gasteiger partial charge in [-0.2, -0.15) is 0 Å². The van der Waals surface area contributed by atoms with Crippen LogP contribution in [0.5, 0.6) is 0 Å². The molecule has 2 N–H and O–H groups in total. The quantitative estimate of drug-likeness (QED) is 0.565. The van der Waals surface area contributed by atoms with E-state index in [-0.39, 0.29) is 13.0 Å². The number of rotatable bonds is 8. The fourth-order valence-corrected chi connectivity index (χ4v) is 3.92. The number of nitrogens with zero attached hydrogens (tertiary/aromatic N) is 1. The van der Waals surface area contributed by atoms with Crippen LogP contribution in [0, 0.1) is 5.82 Å². The first-order valence-corrected chi connectivity index (χ1v) is 10.8. The van der Waals surface area contributed by atoms with Gasteiger partial charge in [-0.15, -0.1) is 0 Å². The molecule has 1 aliphatic heterocycles. The molecule has 9 nitrogen and oxygen atoms in total. The SMILES string of the molecule is CCOC(=O)c1ccc(NC(=O)CN2C(=O)SC(CC(=O)Nc3ccc(F)cc3)C2=O)cc1. The number of carbonyl (C=O) groups excluding carboxylic acids is 5. The van der Waals surface area contributed by atoms with E-state index < -0.39 is 46.5 Å². The molecule has 0 radical (unpaired) electrons. The van der Waals surface area contributed by atoms with Crippen LogP contribution in [0.25, 0.3) is 0 Å². The molecule has 2 aromatic carbocycles. The van der Waals surface area contributed by atoms with Gasteiger partial charge in [0.2, 0.25) is 17.7 Å². The molecule has 0 aliphatic carbocycles. The van der Waals surface area contributed by atoms with Gasteiger partial charge in [0.05, 0.1) is 12.2 Å². The number of halogens is 1. The van der Waals surface area contributed by atoms with Crippen LogP contribution in [0.15, 0.2) is 48.5 Å². The van der Waals surface area contributed by atoms with E-state index in [0.717, 1.165) is 4.90 Å². The predicted molar refractivity (Wildman–Crippen MR) is 119 cm³/mol. The van der Waals surface area contributed by atoms with Gasteiger partial charge in [0.1, 0.15) is 17.6 Å². The van der Waals surface area contributed by atoms with Crippen molar-refractivity contribution in [1.29, 1.82) is 0 Å². The molecule has 1 saturated heterocycles. The first kappa shape index (κ1) is 23.9. The topological polar surface area (TPSA) is 122 Å². The number of imide groups is 1. The highest BCUT2D eigenvalue weighted by Crippen LogP contribution is 2.29. The van der Waals surface area contributed by atoms with Crippen molar-refractivity contribution in [1.82, 2.24) is 4.90 Å². The monoisotopic (exact) mass is 473 g/mol. The molecular formula is C22H20FN3O6S. The van der Waals surface area contributed by atoms with Crippen LogP contribution in [0.1, 0.15) is 23.7 Å². The van der Waals surface area contributed by atoms with Crippen molar-refractivity contribution in [3.8, 4) is 0 Å². The van der Waals surface area contributed by atoms with Crippen molar-refractivity contribution in [2.45, 2.75) is 18.6 Å². The average Bonchev–Trinajstić information content (AvgIpc) is 3.03. The standard InChI is InChI=1S/C22H20FN3O6S/c1-2-32-21(30)13-3-7-15(8-4-13)25-19(28)12-26-20(29)17(33-22(26)31)11-18(27)24-16-9-5-14(23)6-10-16/h3-10,17H,2,11-12H2,1H3,(H,24,27)(H,25,28). The molecule has 1 heterocycles. The Morgan fingerprint density at radius 2 is 1.55 bits per heavy atom. The summed E-state index contributed by atoms with van der Waals surface area (Å²) in [7, 11) is 0. The van der Waals surface area contributed by atoms with Crippen molar-refractivity contribution < 1.29 is 33.1 Å². The van der Waals surface area contributed by atoms with Crippen LogP contribution in [0.3, 0.4) is 0 Å². The predicted octanol–water partition coefficient (Wildman–Crippen LogP) is 3.03. The Labute approximate surface area is 192 Å². The second-order valence-electron chi connectivity index (χ2n) is 6.90. The van der Waals surface area contributed by atoms with E-state index in [2.05, 4.69) is 10.6 Å². The number of carbonyl (C=O) groups is 5. The first-order valence-electron chi connectivity index (χ1n) is 9.91. The third-order valence-electron chi connectivity index (χ3n) is 4.49. The van der Waals surface area contributed by atoms with E-state index in [0.29, 0.717) is 28.7 Å². The molecule has 3 rings (SSSR count). The molecule has 1 fully saturated rings. The fraction of sp³-hybridized carbons (Fsp3) is 0.227. The summed E-state index contributed by atoms with van der Waals surface area (Å²) in [6, 6.07) is 11.1. The Bertz CT molecular complexity index is 1070. The molecular weight excluding hydrogens is 453 g/mol. The fourth-order valence-electron chi connectivity index (χ4n) is 2.93. The van der Waals surface area contributed by atoms with E-state index in [1.807, 2.05) is 0 Å². The summed E-state index contributed by atoms with van der Waals surface area (Å²) in [6.07, 6.45) is -0.278. The lowest BCUT2D eigenvalue weighted by molar-refractivity contribution is -0.131. The summed E-state index contributed by atoms with van der Waals surface area (Å²) in [5.41, 5.74) is 1.04. The molecule has 1 aliphatic rings. The average molecular weight is 473 g/mol. The Kier molecular flexibility index (Phi) is 7.78. The van der Waals surface area contributed by atoms with Gasteiger partial charge < -0.3 is 15.4 Å². The van der Waals surface area contributed by atoms with E-state index in [1.165, 1.54) is 48.5 Å². The van der Waals surface area contributed by atoms with Crippen LogP contribution >= 0.6 is 11.8 Å². The van der Waals surface area contributed by atoms with Crippen molar-refractivity contribution in [2.24, 2.45) is 0 Å². The zero-order valence-electron chi connectivity index (χ0n) is 17.5. The summed E-state index contributed by atoms with van der Waals surface area (Å²) in [4.78, 5) is 61.7. The lowest BCUT2D eigenvalue weighted by Crippen LogP contribution is -2.38. The maximum Gasteiger partial charge on any atom is 0.338 e. The third-order valence-corrected chi connectivity index (χ3v) is 5.56.